The predicted octanol–water partition coefficient (Wildman–Crippen LogP) is 3.81. The Balaban J connectivity index is 2.98. The van der Waals surface area contributed by atoms with Crippen LogP contribution in [-0.2, 0) is 4.79 Å². The molecule has 1 rings (SSSR count). The molecule has 0 aliphatic heterocycles. The minimum Gasteiger partial charge on any atom is -0.392 e. The maximum atomic E-state index is 12.7. The van der Waals surface area contributed by atoms with Crippen LogP contribution in [0.15, 0.2) is 24.3 Å². The Labute approximate surface area is 126 Å². The summed E-state index contributed by atoms with van der Waals surface area (Å²) in [4.78, 5) is 13.0. The van der Waals surface area contributed by atoms with Crippen LogP contribution in [0.4, 0.5) is 5.69 Å². The number of nitrogens with one attached hydrogen (secondary N) is 1. The van der Waals surface area contributed by atoms with Gasteiger partial charge in [0, 0.05) is 5.69 Å². The SMILES string of the molecule is CCCC(CCC)(C(=O)Nc1ccc(C)cc1)C(N)=S. The summed E-state index contributed by atoms with van der Waals surface area (Å²) in [5, 5.41) is 2.95. The molecule has 0 atom stereocenters. The maximum Gasteiger partial charge on any atom is 0.237 e. The first-order valence-corrected chi connectivity index (χ1v) is 7.55. The van der Waals surface area contributed by atoms with Crippen molar-refractivity contribution < 1.29 is 4.79 Å². The van der Waals surface area contributed by atoms with Crippen molar-refractivity contribution >= 4 is 28.8 Å². The molecule has 0 aromatic heterocycles. The number of aryl methyl sites for hydroxylation is 1. The monoisotopic (exact) mass is 292 g/mol. The van der Waals surface area contributed by atoms with Gasteiger partial charge in [-0.25, -0.2) is 0 Å². The summed E-state index contributed by atoms with van der Waals surface area (Å²) in [6.07, 6.45) is 3.12. The molecule has 3 nitrogen and oxygen atoms in total. The van der Waals surface area contributed by atoms with E-state index in [1.807, 2.05) is 45.0 Å². The fourth-order valence-electron chi connectivity index (χ4n) is 2.45. The van der Waals surface area contributed by atoms with E-state index in [1.165, 1.54) is 0 Å². The molecular weight excluding hydrogens is 268 g/mol. The third-order valence-electron chi connectivity index (χ3n) is 3.57. The first-order valence-electron chi connectivity index (χ1n) is 7.14. The number of hydrogen-bond donors (Lipinski definition) is 2. The second-order valence-electron chi connectivity index (χ2n) is 5.27. The first kappa shape index (κ1) is 16.6. The number of hydrogen-bond acceptors (Lipinski definition) is 2. The summed E-state index contributed by atoms with van der Waals surface area (Å²) in [7, 11) is 0. The Kier molecular flexibility index (Phi) is 6.14. The standard InChI is InChI=1S/C16H24N2OS/c1-4-10-16(11-5-2,14(17)20)15(19)18-13-8-6-12(3)7-9-13/h6-9H,4-5,10-11H2,1-3H3,(H2,17,20)(H,18,19). The molecule has 1 amide bonds. The molecule has 0 aliphatic rings. The number of benzene rings is 1. The third-order valence-corrected chi connectivity index (χ3v) is 3.96. The molecule has 1 aromatic carbocycles. The summed E-state index contributed by atoms with van der Waals surface area (Å²) < 4.78 is 0. The Morgan fingerprint density at radius 1 is 1.20 bits per heavy atom. The second kappa shape index (κ2) is 7.39. The topological polar surface area (TPSA) is 55.1 Å². The number of anilines is 1. The minimum absolute atomic E-state index is 0.0856. The molecule has 0 radical (unpaired) electrons. The van der Waals surface area contributed by atoms with Crippen LogP contribution < -0.4 is 11.1 Å². The van der Waals surface area contributed by atoms with Crippen molar-refractivity contribution in [2.45, 2.75) is 46.5 Å². The van der Waals surface area contributed by atoms with Crippen LogP contribution in [0.3, 0.4) is 0 Å². The Morgan fingerprint density at radius 3 is 2.10 bits per heavy atom. The predicted molar refractivity (Wildman–Crippen MR) is 88.8 cm³/mol. The average molecular weight is 292 g/mol. The second-order valence-corrected chi connectivity index (χ2v) is 5.71. The lowest BCUT2D eigenvalue weighted by Crippen LogP contribution is -2.46. The van der Waals surface area contributed by atoms with E-state index >= 15 is 0 Å². The largest absolute Gasteiger partial charge is 0.392 e. The van der Waals surface area contributed by atoms with Crippen molar-refractivity contribution in [3.63, 3.8) is 0 Å². The molecule has 0 unspecified atom stereocenters. The summed E-state index contributed by atoms with van der Waals surface area (Å²) in [5.41, 5.74) is 7.10. The van der Waals surface area contributed by atoms with Gasteiger partial charge in [0.05, 0.1) is 10.4 Å². The van der Waals surface area contributed by atoms with Gasteiger partial charge in [-0.1, -0.05) is 56.6 Å². The number of carbonyl (C=O) groups excluding carboxylic acids is 1. The average Bonchev–Trinajstić information content (AvgIpc) is 2.40. The van der Waals surface area contributed by atoms with E-state index < -0.39 is 5.41 Å². The zero-order valence-corrected chi connectivity index (χ0v) is 13.3. The molecule has 1 aromatic rings. The fraction of sp³-hybridized carbons (Fsp3) is 0.500. The van der Waals surface area contributed by atoms with Crippen molar-refractivity contribution in [2.75, 3.05) is 5.32 Å². The van der Waals surface area contributed by atoms with E-state index in [0.29, 0.717) is 17.8 Å². The molecule has 0 spiro atoms. The lowest BCUT2D eigenvalue weighted by atomic mass is 9.78. The van der Waals surface area contributed by atoms with E-state index in [2.05, 4.69) is 5.32 Å². The molecule has 0 heterocycles. The lowest BCUT2D eigenvalue weighted by molar-refractivity contribution is -0.122. The summed E-state index contributed by atoms with van der Waals surface area (Å²) in [6.45, 7) is 6.10. The van der Waals surface area contributed by atoms with E-state index in [9.17, 15) is 4.79 Å². The summed E-state index contributed by atoms with van der Waals surface area (Å²) >= 11 is 5.19. The van der Waals surface area contributed by atoms with Crippen LogP contribution in [0.5, 0.6) is 0 Å². The van der Waals surface area contributed by atoms with Crippen molar-refractivity contribution in [1.82, 2.24) is 0 Å². The third kappa shape index (κ3) is 3.79. The van der Waals surface area contributed by atoms with Gasteiger partial charge in [-0.2, -0.15) is 0 Å². The van der Waals surface area contributed by atoms with Gasteiger partial charge in [-0.05, 0) is 31.9 Å². The van der Waals surface area contributed by atoms with Gasteiger partial charge in [0.2, 0.25) is 5.91 Å². The van der Waals surface area contributed by atoms with E-state index in [4.69, 9.17) is 18.0 Å². The summed E-state index contributed by atoms with van der Waals surface area (Å²) in [5.74, 6) is -0.0856. The quantitative estimate of drug-likeness (QED) is 0.751. The highest BCUT2D eigenvalue weighted by Crippen LogP contribution is 2.32. The molecule has 3 N–H and O–H groups in total. The van der Waals surface area contributed by atoms with E-state index in [-0.39, 0.29) is 5.91 Å². The first-order chi connectivity index (χ1) is 9.46. The molecule has 0 saturated heterocycles. The van der Waals surface area contributed by atoms with Gasteiger partial charge in [-0.15, -0.1) is 0 Å². The minimum atomic E-state index is -0.732. The highest BCUT2D eigenvalue weighted by molar-refractivity contribution is 7.80. The molecular formula is C16H24N2OS. The van der Waals surface area contributed by atoms with Gasteiger partial charge >= 0.3 is 0 Å². The van der Waals surface area contributed by atoms with E-state index in [0.717, 1.165) is 24.1 Å². The molecule has 0 saturated carbocycles. The van der Waals surface area contributed by atoms with Crippen LogP contribution in [0.1, 0.15) is 45.1 Å². The number of amides is 1. The molecule has 4 heteroatoms. The molecule has 20 heavy (non-hydrogen) atoms. The van der Waals surface area contributed by atoms with E-state index in [1.54, 1.807) is 0 Å². The number of nitrogens with two attached hydrogens (primary N) is 1. The van der Waals surface area contributed by atoms with Crippen molar-refractivity contribution in [1.29, 1.82) is 0 Å². The molecule has 0 bridgehead atoms. The van der Waals surface area contributed by atoms with Crippen LogP contribution in [0, 0.1) is 12.3 Å². The maximum absolute atomic E-state index is 12.7. The Morgan fingerprint density at radius 2 is 1.70 bits per heavy atom. The van der Waals surface area contributed by atoms with Crippen molar-refractivity contribution in [2.24, 2.45) is 11.1 Å². The zero-order valence-electron chi connectivity index (χ0n) is 12.5. The van der Waals surface area contributed by atoms with Crippen molar-refractivity contribution in [3.05, 3.63) is 29.8 Å². The molecule has 110 valence electrons. The number of rotatable bonds is 7. The van der Waals surface area contributed by atoms with Gasteiger partial charge in [0.15, 0.2) is 0 Å². The molecule has 0 aliphatic carbocycles. The highest BCUT2D eigenvalue weighted by Gasteiger charge is 2.39. The van der Waals surface area contributed by atoms with Gasteiger partial charge in [-0.3, -0.25) is 4.79 Å². The van der Waals surface area contributed by atoms with Crippen LogP contribution in [0.25, 0.3) is 0 Å². The Hall–Kier alpha value is -1.42. The van der Waals surface area contributed by atoms with Crippen LogP contribution in [-0.4, -0.2) is 10.9 Å². The highest BCUT2D eigenvalue weighted by atomic mass is 32.1. The molecule has 0 fully saturated rings. The van der Waals surface area contributed by atoms with Crippen LogP contribution >= 0.6 is 12.2 Å². The normalized spacial score (nSPS) is 11.2. The zero-order chi connectivity index (χ0) is 15.2. The smallest absolute Gasteiger partial charge is 0.237 e. The van der Waals surface area contributed by atoms with Crippen LogP contribution in [0.2, 0.25) is 0 Å². The van der Waals surface area contributed by atoms with Gasteiger partial charge in [0.1, 0.15) is 0 Å². The lowest BCUT2D eigenvalue weighted by Gasteiger charge is -2.31. The van der Waals surface area contributed by atoms with Crippen molar-refractivity contribution in [3.8, 4) is 0 Å². The summed E-state index contributed by atoms with van der Waals surface area (Å²) in [6, 6.07) is 7.74. The van der Waals surface area contributed by atoms with Gasteiger partial charge < -0.3 is 11.1 Å². The fourth-order valence-corrected chi connectivity index (χ4v) is 2.75. The number of thiocarbonyl (C=S) groups is 1. The number of carbonyl (C=O) groups is 1. The Bertz CT molecular complexity index is 462. The van der Waals surface area contributed by atoms with Gasteiger partial charge in [0.25, 0.3) is 0 Å².